The van der Waals surface area contributed by atoms with Crippen LogP contribution in [0, 0.1) is 0 Å². The van der Waals surface area contributed by atoms with E-state index in [9.17, 15) is 0 Å². The maximum absolute atomic E-state index is 6.28. The average Bonchev–Trinajstić information content (AvgIpc) is 3.46. The molecule has 0 unspecified atom stereocenters. The molecule has 1 aromatic heterocycles. The minimum Gasteiger partial charge on any atom is -0.456 e. The van der Waals surface area contributed by atoms with Crippen molar-refractivity contribution in [1.82, 2.24) is 0 Å². The van der Waals surface area contributed by atoms with Crippen molar-refractivity contribution in [3.8, 4) is 11.1 Å². The lowest BCUT2D eigenvalue weighted by Gasteiger charge is -2.27. The van der Waals surface area contributed by atoms with Crippen LogP contribution in [-0.2, 0) is 0 Å². The first-order valence-electron chi connectivity index (χ1n) is 15.5. The molecular formula is C44H31NO. The van der Waals surface area contributed by atoms with Crippen LogP contribution in [0.25, 0.3) is 60.7 Å². The summed E-state index contributed by atoms with van der Waals surface area (Å²) in [6.45, 7) is 3.96. The van der Waals surface area contributed by atoms with Gasteiger partial charge >= 0.3 is 0 Å². The van der Waals surface area contributed by atoms with E-state index in [1.54, 1.807) is 0 Å². The van der Waals surface area contributed by atoms with Crippen LogP contribution < -0.4 is 4.90 Å². The summed E-state index contributed by atoms with van der Waals surface area (Å²) in [4.78, 5) is 2.29. The molecular weight excluding hydrogens is 558 g/mol. The molecule has 0 radical (unpaired) electrons. The minimum absolute atomic E-state index is 0.884. The number of para-hydroxylation sites is 1. The van der Waals surface area contributed by atoms with Crippen molar-refractivity contribution >= 4 is 60.9 Å². The molecule has 0 amide bonds. The highest BCUT2D eigenvalue weighted by molar-refractivity contribution is 6.10. The Morgan fingerprint density at radius 2 is 1.15 bits per heavy atom. The molecule has 7 aromatic carbocycles. The van der Waals surface area contributed by atoms with Gasteiger partial charge in [-0.05, 0) is 105 Å². The molecule has 2 heteroatoms. The zero-order chi connectivity index (χ0) is 30.9. The molecule has 46 heavy (non-hydrogen) atoms. The van der Waals surface area contributed by atoms with Crippen molar-refractivity contribution in [2.45, 2.75) is 0 Å². The summed E-state index contributed by atoms with van der Waals surface area (Å²) in [5, 5.41) is 7.10. The first-order valence-corrected chi connectivity index (χ1v) is 15.5. The van der Waals surface area contributed by atoms with Crippen molar-refractivity contribution in [1.29, 1.82) is 0 Å². The van der Waals surface area contributed by atoms with E-state index in [0.717, 1.165) is 44.6 Å². The van der Waals surface area contributed by atoms with Crippen LogP contribution in [0.5, 0.6) is 0 Å². The normalized spacial score (nSPS) is 12.0. The van der Waals surface area contributed by atoms with Crippen molar-refractivity contribution in [2.75, 3.05) is 4.90 Å². The van der Waals surface area contributed by atoms with Gasteiger partial charge in [0.25, 0.3) is 0 Å². The van der Waals surface area contributed by atoms with Gasteiger partial charge in [0.2, 0.25) is 0 Å². The Morgan fingerprint density at radius 3 is 1.91 bits per heavy atom. The highest BCUT2D eigenvalue weighted by Gasteiger charge is 2.15. The van der Waals surface area contributed by atoms with Gasteiger partial charge in [0.15, 0.2) is 0 Å². The molecule has 0 saturated heterocycles. The number of hydrogen-bond acceptors (Lipinski definition) is 2. The van der Waals surface area contributed by atoms with Crippen molar-refractivity contribution in [3.05, 3.63) is 188 Å². The van der Waals surface area contributed by atoms with Gasteiger partial charge < -0.3 is 9.32 Å². The fraction of sp³-hybridized carbons (Fsp3) is 0. The third-order valence-corrected chi connectivity index (χ3v) is 8.56. The number of rotatable bonds is 7. The molecule has 0 spiro atoms. The third kappa shape index (κ3) is 5.16. The van der Waals surface area contributed by atoms with Gasteiger partial charge in [-0.3, -0.25) is 0 Å². The van der Waals surface area contributed by atoms with Gasteiger partial charge in [0.1, 0.15) is 11.2 Å². The number of allylic oxidation sites excluding steroid dienone is 3. The molecule has 218 valence electrons. The molecule has 2 nitrogen and oxygen atoms in total. The molecule has 8 aromatic rings. The number of benzene rings is 7. The largest absolute Gasteiger partial charge is 0.456 e. The summed E-state index contributed by atoms with van der Waals surface area (Å²) < 4.78 is 6.28. The van der Waals surface area contributed by atoms with Crippen LogP contribution in [0.2, 0.25) is 0 Å². The molecule has 0 fully saturated rings. The number of anilines is 2. The quantitative estimate of drug-likeness (QED) is 0.172. The number of furan rings is 1. The predicted octanol–water partition coefficient (Wildman–Crippen LogP) is 12.5. The first kappa shape index (κ1) is 27.4. The van der Waals surface area contributed by atoms with E-state index >= 15 is 0 Å². The van der Waals surface area contributed by atoms with Gasteiger partial charge in [-0.25, -0.2) is 0 Å². The second-order valence-corrected chi connectivity index (χ2v) is 11.5. The fourth-order valence-corrected chi connectivity index (χ4v) is 6.29. The van der Waals surface area contributed by atoms with E-state index in [2.05, 4.69) is 175 Å². The van der Waals surface area contributed by atoms with Gasteiger partial charge in [-0.15, -0.1) is 0 Å². The second-order valence-electron chi connectivity index (χ2n) is 11.5. The third-order valence-electron chi connectivity index (χ3n) is 8.56. The summed E-state index contributed by atoms with van der Waals surface area (Å²) in [5.41, 5.74) is 8.41. The van der Waals surface area contributed by atoms with Crippen molar-refractivity contribution < 1.29 is 4.42 Å². The van der Waals surface area contributed by atoms with E-state index in [0.29, 0.717) is 0 Å². The van der Waals surface area contributed by atoms with Crippen LogP contribution in [0.1, 0.15) is 5.56 Å². The number of hydrogen-bond donors (Lipinski definition) is 0. The van der Waals surface area contributed by atoms with Crippen LogP contribution in [0.3, 0.4) is 0 Å². The number of fused-ring (bicyclic) bond motifs is 5. The van der Waals surface area contributed by atoms with Crippen molar-refractivity contribution in [3.63, 3.8) is 0 Å². The highest BCUT2D eigenvalue weighted by atomic mass is 16.3. The summed E-state index contributed by atoms with van der Waals surface area (Å²) in [5.74, 6) is 0. The van der Waals surface area contributed by atoms with Gasteiger partial charge in [0.05, 0.1) is 0 Å². The van der Waals surface area contributed by atoms with Crippen LogP contribution in [-0.4, -0.2) is 0 Å². The van der Waals surface area contributed by atoms with Crippen LogP contribution >= 0.6 is 0 Å². The molecule has 0 aliphatic carbocycles. The van der Waals surface area contributed by atoms with Gasteiger partial charge in [-0.1, -0.05) is 116 Å². The molecule has 1 heterocycles. The molecule has 0 N–H and O–H groups in total. The first-order chi connectivity index (χ1) is 22.7. The Morgan fingerprint density at radius 1 is 0.522 bits per heavy atom. The molecule has 0 saturated carbocycles. The van der Waals surface area contributed by atoms with Crippen LogP contribution in [0.15, 0.2) is 187 Å². The predicted molar refractivity (Wildman–Crippen MR) is 197 cm³/mol. The SMILES string of the molecule is C=C/C=C\C(=C\c1ccc2oc3cc4ccccc4cc3c2c1)N(c1ccccc1)c1ccc(-c2ccc3ccccc3c2)cc1. The average molecular weight is 590 g/mol. The smallest absolute Gasteiger partial charge is 0.136 e. The molecule has 0 aliphatic heterocycles. The van der Waals surface area contributed by atoms with E-state index in [-0.39, 0.29) is 0 Å². The van der Waals surface area contributed by atoms with E-state index in [4.69, 9.17) is 4.42 Å². The number of nitrogens with zero attached hydrogens (tertiary/aromatic N) is 1. The summed E-state index contributed by atoms with van der Waals surface area (Å²) in [6, 6.07) is 53.7. The lowest BCUT2D eigenvalue weighted by atomic mass is 10.0. The Bertz CT molecular complexity index is 2430. The molecule has 0 atom stereocenters. The Labute approximate surface area is 268 Å². The van der Waals surface area contributed by atoms with Gasteiger partial charge in [-0.2, -0.15) is 0 Å². The zero-order valence-corrected chi connectivity index (χ0v) is 25.3. The Hall–Kier alpha value is -6.12. The maximum Gasteiger partial charge on any atom is 0.136 e. The van der Waals surface area contributed by atoms with E-state index in [1.165, 1.54) is 32.7 Å². The Kier molecular flexibility index (Phi) is 7.01. The zero-order valence-electron chi connectivity index (χ0n) is 25.3. The lowest BCUT2D eigenvalue weighted by molar-refractivity contribution is 0.669. The second kappa shape index (κ2) is 11.8. The summed E-state index contributed by atoms with van der Waals surface area (Å²) >= 11 is 0. The standard InChI is InChI=1S/C44H31NO/c1-2-3-15-40(26-31-18-25-43-41(27-31)42-29-35-13-9-10-14-36(35)30-44(42)46-43)45(38-16-5-4-6-17-38)39-23-21-33(22-24-39)37-20-19-32-11-7-8-12-34(32)28-37/h2-30H,1H2/b15-3-,40-26-. The summed E-state index contributed by atoms with van der Waals surface area (Å²) in [7, 11) is 0. The van der Waals surface area contributed by atoms with E-state index in [1.807, 2.05) is 12.2 Å². The van der Waals surface area contributed by atoms with Crippen LogP contribution in [0.4, 0.5) is 11.4 Å². The molecule has 8 rings (SSSR count). The van der Waals surface area contributed by atoms with Crippen molar-refractivity contribution in [2.24, 2.45) is 0 Å². The molecule has 0 bridgehead atoms. The highest BCUT2D eigenvalue weighted by Crippen LogP contribution is 2.36. The van der Waals surface area contributed by atoms with E-state index < -0.39 is 0 Å². The maximum atomic E-state index is 6.28. The topological polar surface area (TPSA) is 16.4 Å². The monoisotopic (exact) mass is 589 g/mol. The fourth-order valence-electron chi connectivity index (χ4n) is 6.29. The minimum atomic E-state index is 0.884. The molecule has 0 aliphatic rings. The summed E-state index contributed by atoms with van der Waals surface area (Å²) in [6.07, 6.45) is 8.15. The van der Waals surface area contributed by atoms with Gasteiger partial charge in [0, 0.05) is 27.8 Å². The lowest BCUT2D eigenvalue weighted by Crippen LogP contribution is -2.15. The Balaban J connectivity index is 1.23.